The maximum absolute atomic E-state index is 11.9. The van der Waals surface area contributed by atoms with Gasteiger partial charge in [-0.1, -0.05) is 51.1 Å². The SMILES string of the molecule is CC(C)(C)C(=O)Nc1ccc(OCCc2ccccc2)cc1. The molecule has 2 aromatic carbocycles. The minimum atomic E-state index is -0.398. The van der Waals surface area contributed by atoms with Crippen LogP contribution in [0.2, 0.25) is 0 Å². The van der Waals surface area contributed by atoms with Gasteiger partial charge in [0.15, 0.2) is 0 Å². The van der Waals surface area contributed by atoms with Crippen molar-refractivity contribution in [1.82, 2.24) is 0 Å². The Kier molecular flexibility index (Phi) is 5.21. The molecule has 0 saturated carbocycles. The van der Waals surface area contributed by atoms with Gasteiger partial charge in [-0.05, 0) is 29.8 Å². The first kappa shape index (κ1) is 16.1. The zero-order chi connectivity index (χ0) is 16.0. The van der Waals surface area contributed by atoms with Crippen LogP contribution in [0.25, 0.3) is 0 Å². The lowest BCUT2D eigenvalue weighted by molar-refractivity contribution is -0.123. The van der Waals surface area contributed by atoms with E-state index in [1.165, 1.54) is 5.56 Å². The molecule has 1 N–H and O–H groups in total. The number of carbonyl (C=O) groups is 1. The Morgan fingerprint density at radius 1 is 1.00 bits per heavy atom. The summed E-state index contributed by atoms with van der Waals surface area (Å²) >= 11 is 0. The van der Waals surface area contributed by atoms with Crippen LogP contribution in [-0.4, -0.2) is 12.5 Å². The van der Waals surface area contributed by atoms with Gasteiger partial charge in [-0.2, -0.15) is 0 Å². The fourth-order valence-electron chi connectivity index (χ4n) is 1.88. The smallest absolute Gasteiger partial charge is 0.229 e. The van der Waals surface area contributed by atoms with Gasteiger partial charge in [-0.15, -0.1) is 0 Å². The van der Waals surface area contributed by atoms with Crippen LogP contribution in [0.5, 0.6) is 5.75 Å². The van der Waals surface area contributed by atoms with Crippen LogP contribution in [-0.2, 0) is 11.2 Å². The number of benzene rings is 2. The zero-order valence-corrected chi connectivity index (χ0v) is 13.4. The molecule has 0 bridgehead atoms. The Labute approximate surface area is 132 Å². The number of ether oxygens (including phenoxy) is 1. The number of carbonyl (C=O) groups excluding carboxylic acids is 1. The zero-order valence-electron chi connectivity index (χ0n) is 13.4. The minimum Gasteiger partial charge on any atom is -0.493 e. The van der Waals surface area contributed by atoms with E-state index in [1.54, 1.807) is 0 Å². The van der Waals surface area contributed by atoms with Crippen molar-refractivity contribution in [3.63, 3.8) is 0 Å². The van der Waals surface area contributed by atoms with Crippen LogP contribution < -0.4 is 10.1 Å². The first-order valence-corrected chi connectivity index (χ1v) is 7.53. The maximum Gasteiger partial charge on any atom is 0.229 e. The minimum absolute atomic E-state index is 0.00486. The lowest BCUT2D eigenvalue weighted by atomic mass is 9.95. The standard InChI is InChI=1S/C19H23NO2/c1-19(2,3)18(21)20-16-9-11-17(12-10-16)22-14-13-15-7-5-4-6-8-15/h4-12H,13-14H2,1-3H3,(H,20,21). The van der Waals surface area contributed by atoms with Crippen molar-refractivity contribution >= 4 is 11.6 Å². The lowest BCUT2D eigenvalue weighted by Crippen LogP contribution is -2.27. The highest BCUT2D eigenvalue weighted by Crippen LogP contribution is 2.20. The van der Waals surface area contributed by atoms with E-state index in [0.29, 0.717) is 6.61 Å². The molecule has 1 amide bonds. The average molecular weight is 297 g/mol. The molecular weight excluding hydrogens is 274 g/mol. The van der Waals surface area contributed by atoms with Gasteiger partial charge < -0.3 is 10.1 Å². The third kappa shape index (κ3) is 4.92. The van der Waals surface area contributed by atoms with E-state index in [1.807, 2.05) is 63.2 Å². The summed E-state index contributed by atoms with van der Waals surface area (Å²) in [6.07, 6.45) is 0.878. The Hall–Kier alpha value is -2.29. The fraction of sp³-hybridized carbons (Fsp3) is 0.316. The first-order chi connectivity index (χ1) is 10.4. The molecule has 0 fully saturated rings. The van der Waals surface area contributed by atoms with Crippen LogP contribution in [0.1, 0.15) is 26.3 Å². The summed E-state index contributed by atoms with van der Waals surface area (Å²) < 4.78 is 5.72. The van der Waals surface area contributed by atoms with Crippen molar-refractivity contribution in [2.75, 3.05) is 11.9 Å². The predicted octanol–water partition coefficient (Wildman–Crippen LogP) is 4.29. The largest absolute Gasteiger partial charge is 0.493 e. The van der Waals surface area contributed by atoms with Crippen LogP contribution in [0.4, 0.5) is 5.69 Å². The van der Waals surface area contributed by atoms with Crippen LogP contribution >= 0.6 is 0 Å². The molecule has 3 heteroatoms. The number of amides is 1. The van der Waals surface area contributed by atoms with Gasteiger partial charge in [0.1, 0.15) is 5.75 Å². The van der Waals surface area contributed by atoms with E-state index in [4.69, 9.17) is 4.74 Å². The molecule has 0 aliphatic heterocycles. The Bertz CT molecular complexity index is 598. The normalized spacial score (nSPS) is 11.0. The number of hydrogen-bond acceptors (Lipinski definition) is 2. The van der Waals surface area contributed by atoms with Crippen LogP contribution in [0, 0.1) is 5.41 Å². The van der Waals surface area contributed by atoms with E-state index >= 15 is 0 Å². The Morgan fingerprint density at radius 2 is 1.64 bits per heavy atom. The topological polar surface area (TPSA) is 38.3 Å². The van der Waals surface area contributed by atoms with Crippen molar-refractivity contribution < 1.29 is 9.53 Å². The van der Waals surface area contributed by atoms with E-state index in [9.17, 15) is 4.79 Å². The fourth-order valence-corrected chi connectivity index (χ4v) is 1.88. The molecule has 0 atom stereocenters. The molecule has 2 aromatic rings. The molecule has 0 saturated heterocycles. The molecule has 3 nitrogen and oxygen atoms in total. The summed E-state index contributed by atoms with van der Waals surface area (Å²) in [5.74, 6) is 0.815. The third-order valence-corrected chi connectivity index (χ3v) is 3.30. The molecule has 0 aliphatic rings. The molecule has 0 radical (unpaired) electrons. The summed E-state index contributed by atoms with van der Waals surface area (Å²) in [4.78, 5) is 11.9. The van der Waals surface area contributed by atoms with Crippen molar-refractivity contribution in [3.05, 3.63) is 60.2 Å². The number of anilines is 1. The molecular formula is C19H23NO2. The number of rotatable bonds is 5. The van der Waals surface area contributed by atoms with Crippen molar-refractivity contribution in [1.29, 1.82) is 0 Å². The third-order valence-electron chi connectivity index (χ3n) is 3.30. The molecule has 0 spiro atoms. The Balaban J connectivity index is 1.83. The van der Waals surface area contributed by atoms with Crippen LogP contribution in [0.15, 0.2) is 54.6 Å². The van der Waals surface area contributed by atoms with Crippen molar-refractivity contribution in [2.24, 2.45) is 5.41 Å². The Morgan fingerprint density at radius 3 is 2.23 bits per heavy atom. The average Bonchev–Trinajstić information content (AvgIpc) is 2.49. The quantitative estimate of drug-likeness (QED) is 0.894. The molecule has 0 heterocycles. The van der Waals surface area contributed by atoms with E-state index in [0.717, 1.165) is 17.9 Å². The van der Waals surface area contributed by atoms with Gasteiger partial charge in [-0.25, -0.2) is 0 Å². The van der Waals surface area contributed by atoms with Crippen LogP contribution in [0.3, 0.4) is 0 Å². The van der Waals surface area contributed by atoms with E-state index in [-0.39, 0.29) is 5.91 Å². The van der Waals surface area contributed by atoms with Crippen molar-refractivity contribution in [2.45, 2.75) is 27.2 Å². The van der Waals surface area contributed by atoms with Gasteiger partial charge in [0.25, 0.3) is 0 Å². The first-order valence-electron chi connectivity index (χ1n) is 7.53. The lowest BCUT2D eigenvalue weighted by Gasteiger charge is -2.17. The molecule has 22 heavy (non-hydrogen) atoms. The summed E-state index contributed by atoms with van der Waals surface area (Å²) in [7, 11) is 0. The second-order valence-corrected chi connectivity index (χ2v) is 6.31. The monoisotopic (exact) mass is 297 g/mol. The summed E-state index contributed by atoms with van der Waals surface area (Å²) in [5, 5.41) is 2.90. The predicted molar refractivity (Wildman–Crippen MR) is 90.2 cm³/mol. The number of nitrogens with one attached hydrogen (secondary N) is 1. The van der Waals surface area contributed by atoms with E-state index < -0.39 is 5.41 Å². The molecule has 0 unspecified atom stereocenters. The van der Waals surface area contributed by atoms with Crippen molar-refractivity contribution in [3.8, 4) is 5.75 Å². The summed E-state index contributed by atoms with van der Waals surface area (Å²) in [5.41, 5.74) is 1.65. The molecule has 0 aromatic heterocycles. The highest BCUT2D eigenvalue weighted by Gasteiger charge is 2.20. The van der Waals surface area contributed by atoms with Gasteiger partial charge in [0.2, 0.25) is 5.91 Å². The number of hydrogen-bond donors (Lipinski definition) is 1. The highest BCUT2D eigenvalue weighted by atomic mass is 16.5. The van der Waals surface area contributed by atoms with Gasteiger partial charge >= 0.3 is 0 Å². The molecule has 116 valence electrons. The van der Waals surface area contributed by atoms with E-state index in [2.05, 4.69) is 17.4 Å². The maximum atomic E-state index is 11.9. The highest BCUT2D eigenvalue weighted by molar-refractivity contribution is 5.94. The van der Waals surface area contributed by atoms with Gasteiger partial charge in [-0.3, -0.25) is 4.79 Å². The second-order valence-electron chi connectivity index (χ2n) is 6.31. The summed E-state index contributed by atoms with van der Waals surface area (Å²) in [6, 6.07) is 17.7. The second kappa shape index (κ2) is 7.12. The molecule has 0 aliphatic carbocycles. The molecule has 2 rings (SSSR count). The van der Waals surface area contributed by atoms with Gasteiger partial charge in [0, 0.05) is 17.5 Å². The van der Waals surface area contributed by atoms with Gasteiger partial charge in [0.05, 0.1) is 6.61 Å². The summed E-state index contributed by atoms with van der Waals surface area (Å²) in [6.45, 7) is 6.31.